The summed E-state index contributed by atoms with van der Waals surface area (Å²) in [5.41, 5.74) is 8.81. The number of benzene rings is 2. The molecule has 1 atom stereocenters. The van der Waals surface area contributed by atoms with Crippen LogP contribution in [0.1, 0.15) is 82.5 Å². The molecule has 2 aliphatic rings. The first-order valence-electron chi connectivity index (χ1n) is 17.3. The highest BCUT2D eigenvalue weighted by molar-refractivity contribution is 7.71. The van der Waals surface area contributed by atoms with Crippen molar-refractivity contribution in [2.24, 2.45) is 5.73 Å². The standard InChI is InChI=1S/C36H46N7O4P/c1-3-21-48(46,22-4-2)29-16-14-27(15-17-29)39-34-31-35(41-33(40-34)26-10-5-6-11-26)42(24-38-31)20-18-25-9-7-12-28(23-25)47-36(45)43-19-8-13-30(43)32(37)44/h7,9,12,14-17,23-24,26,30H,3-6,8,10-11,13,18-22H2,1-2H3,(H2,37,44)(H,39,40,41). The lowest BCUT2D eigenvalue weighted by atomic mass is 10.1. The van der Waals surface area contributed by atoms with Crippen molar-refractivity contribution in [2.45, 2.75) is 90.1 Å². The van der Waals surface area contributed by atoms with Crippen LogP contribution in [0.25, 0.3) is 11.2 Å². The number of hydrogen-bond acceptors (Lipinski definition) is 8. The minimum Gasteiger partial charge on any atom is -0.410 e. The number of rotatable bonds is 13. The van der Waals surface area contributed by atoms with Crippen LogP contribution in [0.4, 0.5) is 16.3 Å². The number of nitrogens with two attached hydrogens (primary N) is 1. The van der Waals surface area contributed by atoms with Gasteiger partial charge in [-0.25, -0.2) is 19.7 Å². The van der Waals surface area contributed by atoms with Gasteiger partial charge in [-0.2, -0.15) is 0 Å². The van der Waals surface area contributed by atoms with Gasteiger partial charge in [0.25, 0.3) is 0 Å². The van der Waals surface area contributed by atoms with E-state index in [9.17, 15) is 14.2 Å². The molecule has 1 aliphatic heterocycles. The summed E-state index contributed by atoms with van der Waals surface area (Å²) in [6.45, 7) is 5.24. The second-order valence-electron chi connectivity index (χ2n) is 13.0. The number of anilines is 2. The summed E-state index contributed by atoms with van der Waals surface area (Å²) < 4.78 is 21.4. The molecule has 12 heteroatoms. The number of aromatic nitrogens is 4. The number of fused-ring (bicyclic) bond motifs is 1. The highest BCUT2D eigenvalue weighted by Crippen LogP contribution is 2.45. The molecule has 1 saturated heterocycles. The smallest absolute Gasteiger partial charge is 0.410 e. The Morgan fingerprint density at radius 2 is 1.75 bits per heavy atom. The van der Waals surface area contributed by atoms with Crippen LogP contribution in [-0.4, -0.2) is 61.3 Å². The van der Waals surface area contributed by atoms with Gasteiger partial charge in [0, 0.05) is 42.3 Å². The van der Waals surface area contributed by atoms with E-state index < -0.39 is 25.2 Å². The first-order valence-corrected chi connectivity index (χ1v) is 19.4. The van der Waals surface area contributed by atoms with Crippen molar-refractivity contribution in [1.82, 2.24) is 24.4 Å². The number of nitrogens with zero attached hydrogens (tertiary/aromatic N) is 5. The van der Waals surface area contributed by atoms with E-state index >= 15 is 0 Å². The fourth-order valence-corrected chi connectivity index (χ4v) is 9.96. The molecule has 2 aromatic heterocycles. The Hall–Kier alpha value is -4.24. The molecule has 3 N–H and O–H groups in total. The summed E-state index contributed by atoms with van der Waals surface area (Å²) in [6.07, 6.45) is 10.9. The molecule has 2 aromatic carbocycles. The van der Waals surface area contributed by atoms with Gasteiger partial charge < -0.3 is 24.9 Å². The Morgan fingerprint density at radius 3 is 2.46 bits per heavy atom. The van der Waals surface area contributed by atoms with Crippen LogP contribution in [0.2, 0.25) is 0 Å². The Bertz CT molecular complexity index is 1790. The number of likely N-dealkylation sites (tertiary alicyclic amines) is 1. The maximum Gasteiger partial charge on any atom is 0.415 e. The zero-order chi connectivity index (χ0) is 33.7. The summed E-state index contributed by atoms with van der Waals surface area (Å²) in [7, 11) is -2.40. The average molecular weight is 672 g/mol. The van der Waals surface area contributed by atoms with Crippen molar-refractivity contribution >= 4 is 47.1 Å². The number of aryl methyl sites for hydroxylation is 2. The zero-order valence-electron chi connectivity index (χ0n) is 27.9. The van der Waals surface area contributed by atoms with E-state index in [1.807, 2.05) is 42.5 Å². The predicted octanol–water partition coefficient (Wildman–Crippen LogP) is 6.73. The Labute approximate surface area is 282 Å². The second-order valence-corrected chi connectivity index (χ2v) is 16.2. The fourth-order valence-electron chi connectivity index (χ4n) is 7.08. The van der Waals surface area contributed by atoms with Gasteiger partial charge in [0.2, 0.25) is 5.91 Å². The van der Waals surface area contributed by atoms with Crippen LogP contribution in [0, 0.1) is 0 Å². The Morgan fingerprint density at radius 1 is 1.00 bits per heavy atom. The van der Waals surface area contributed by atoms with Crippen LogP contribution in [0.15, 0.2) is 54.9 Å². The third kappa shape index (κ3) is 7.41. The second kappa shape index (κ2) is 14.9. The molecule has 1 saturated carbocycles. The average Bonchev–Trinajstić information content (AvgIpc) is 3.86. The molecule has 0 radical (unpaired) electrons. The highest BCUT2D eigenvalue weighted by Gasteiger charge is 2.34. The largest absolute Gasteiger partial charge is 0.415 e. The summed E-state index contributed by atoms with van der Waals surface area (Å²) in [6, 6.07) is 14.8. The van der Waals surface area contributed by atoms with E-state index in [2.05, 4.69) is 23.7 Å². The number of hydrogen-bond donors (Lipinski definition) is 2. The van der Waals surface area contributed by atoms with E-state index in [1.165, 1.54) is 17.7 Å². The Balaban J connectivity index is 1.21. The summed E-state index contributed by atoms with van der Waals surface area (Å²) in [5, 5.41) is 4.44. The highest BCUT2D eigenvalue weighted by atomic mass is 31.2. The summed E-state index contributed by atoms with van der Waals surface area (Å²) in [4.78, 5) is 40.7. The molecule has 0 spiro atoms. The molecule has 0 bridgehead atoms. The third-order valence-electron chi connectivity index (χ3n) is 9.53. The molecule has 4 aromatic rings. The molecular weight excluding hydrogens is 625 g/mol. The van der Waals surface area contributed by atoms with Crippen molar-refractivity contribution in [1.29, 1.82) is 0 Å². The number of amides is 2. The molecule has 2 fully saturated rings. The van der Waals surface area contributed by atoms with Crippen molar-refractivity contribution in [2.75, 3.05) is 24.2 Å². The van der Waals surface area contributed by atoms with E-state index in [4.69, 9.17) is 25.4 Å². The lowest BCUT2D eigenvalue weighted by Crippen LogP contribution is -2.44. The SMILES string of the molecule is CCCP(=O)(CCC)c1ccc(Nc2nc(C3CCCC3)nc3c2ncn3CCc2cccc(OC(=O)N3CCCC3C(N)=O)c2)cc1. The minimum atomic E-state index is -2.40. The van der Waals surface area contributed by atoms with E-state index in [0.29, 0.717) is 48.9 Å². The number of primary amides is 1. The van der Waals surface area contributed by atoms with Gasteiger partial charge in [0.15, 0.2) is 17.0 Å². The van der Waals surface area contributed by atoms with E-state index in [-0.39, 0.29) is 0 Å². The first-order chi connectivity index (χ1) is 23.3. The molecule has 254 valence electrons. The van der Waals surface area contributed by atoms with Gasteiger partial charge in [-0.3, -0.25) is 9.69 Å². The normalized spacial score (nSPS) is 16.9. The number of ether oxygens (including phenoxy) is 1. The van der Waals surface area contributed by atoms with E-state index in [0.717, 1.165) is 72.5 Å². The predicted molar refractivity (Wildman–Crippen MR) is 189 cm³/mol. The van der Waals surface area contributed by atoms with Gasteiger partial charge in [0.05, 0.1) is 6.33 Å². The van der Waals surface area contributed by atoms with Crippen LogP contribution in [0.5, 0.6) is 5.75 Å². The minimum absolute atomic E-state index is 0.311. The van der Waals surface area contributed by atoms with Crippen LogP contribution in [-0.2, 0) is 22.3 Å². The lowest BCUT2D eigenvalue weighted by Gasteiger charge is -2.21. The number of carbonyl (C=O) groups excluding carboxylic acids is 2. The lowest BCUT2D eigenvalue weighted by molar-refractivity contribution is -0.121. The van der Waals surface area contributed by atoms with Crippen LogP contribution >= 0.6 is 7.14 Å². The number of nitrogens with one attached hydrogen (secondary N) is 1. The molecule has 6 rings (SSSR count). The summed E-state index contributed by atoms with van der Waals surface area (Å²) >= 11 is 0. The van der Waals surface area contributed by atoms with Gasteiger partial charge >= 0.3 is 6.09 Å². The molecule has 1 unspecified atom stereocenters. The molecule has 11 nitrogen and oxygen atoms in total. The summed E-state index contributed by atoms with van der Waals surface area (Å²) in [5.74, 6) is 1.73. The fraction of sp³-hybridized carbons (Fsp3) is 0.472. The third-order valence-corrected chi connectivity index (χ3v) is 13.1. The molecule has 3 heterocycles. The molecule has 2 amide bonds. The Kier molecular flexibility index (Phi) is 10.4. The molecule has 1 aliphatic carbocycles. The van der Waals surface area contributed by atoms with Gasteiger partial charge in [-0.1, -0.05) is 38.8 Å². The maximum atomic E-state index is 13.7. The maximum absolute atomic E-state index is 13.7. The zero-order valence-corrected chi connectivity index (χ0v) is 28.8. The quantitative estimate of drug-likeness (QED) is 0.149. The van der Waals surface area contributed by atoms with Crippen molar-refractivity contribution < 1.29 is 18.9 Å². The van der Waals surface area contributed by atoms with Gasteiger partial charge in [-0.05, 0) is 86.9 Å². The molecular formula is C36H46N7O4P. The van der Waals surface area contributed by atoms with Crippen LogP contribution in [0.3, 0.4) is 0 Å². The van der Waals surface area contributed by atoms with Crippen molar-refractivity contribution in [3.63, 3.8) is 0 Å². The van der Waals surface area contributed by atoms with Crippen molar-refractivity contribution in [3.8, 4) is 5.75 Å². The van der Waals surface area contributed by atoms with Crippen LogP contribution < -0.4 is 21.1 Å². The van der Waals surface area contributed by atoms with Crippen molar-refractivity contribution in [3.05, 3.63) is 66.2 Å². The monoisotopic (exact) mass is 671 g/mol. The number of imidazole rings is 1. The number of carbonyl (C=O) groups is 2. The topological polar surface area (TPSA) is 145 Å². The van der Waals surface area contributed by atoms with E-state index in [1.54, 1.807) is 12.4 Å². The first kappa shape index (κ1) is 33.7. The molecule has 48 heavy (non-hydrogen) atoms. The van der Waals surface area contributed by atoms with Gasteiger partial charge in [0.1, 0.15) is 24.8 Å². The van der Waals surface area contributed by atoms with Gasteiger partial charge in [-0.15, -0.1) is 0 Å².